The van der Waals surface area contributed by atoms with E-state index in [-0.39, 0.29) is 0 Å². The van der Waals surface area contributed by atoms with Crippen LogP contribution in [0.2, 0.25) is 0 Å². The Kier molecular flexibility index (Phi) is 4.23. The van der Waals surface area contributed by atoms with Crippen LogP contribution < -0.4 is 11.1 Å². The van der Waals surface area contributed by atoms with E-state index in [1.807, 2.05) is 32.2 Å². The summed E-state index contributed by atoms with van der Waals surface area (Å²) in [5, 5.41) is 14.4. The maximum absolute atomic E-state index is 10.1. The highest BCUT2D eigenvalue weighted by atomic mass is 32.2. The molecule has 6 heteroatoms. The van der Waals surface area contributed by atoms with Gasteiger partial charge in [-0.1, -0.05) is 0 Å². The Balaban J connectivity index is 2.18. The molecule has 1 aromatic heterocycles. The minimum absolute atomic E-state index is 0.465. The molecule has 19 heavy (non-hydrogen) atoms. The van der Waals surface area contributed by atoms with Crippen molar-refractivity contribution in [3.05, 3.63) is 17.1 Å². The average Bonchev–Trinajstić information content (AvgIpc) is 2.65. The first-order chi connectivity index (χ1) is 8.91. The standard InChI is InChI=1S/C13H19N3OS2/c1-8-16-11-5-10(9(14)4-12(11)19-8)15-6-13(2,17)7-18-3/h4-5,15,17H,6-7,14H2,1-3H3. The highest BCUT2D eigenvalue weighted by Crippen LogP contribution is 2.30. The highest BCUT2D eigenvalue weighted by molar-refractivity contribution is 7.98. The van der Waals surface area contributed by atoms with Gasteiger partial charge in [0.05, 0.1) is 32.2 Å². The molecule has 0 bridgehead atoms. The third-order valence-electron chi connectivity index (χ3n) is 2.78. The zero-order valence-corrected chi connectivity index (χ0v) is 13.0. The van der Waals surface area contributed by atoms with Crippen LogP contribution in [0.25, 0.3) is 10.2 Å². The monoisotopic (exact) mass is 297 g/mol. The number of aromatic nitrogens is 1. The van der Waals surface area contributed by atoms with Crippen LogP contribution >= 0.6 is 23.1 Å². The normalized spacial score (nSPS) is 14.5. The van der Waals surface area contributed by atoms with E-state index >= 15 is 0 Å². The van der Waals surface area contributed by atoms with Crippen molar-refractivity contribution in [2.75, 3.05) is 29.6 Å². The third kappa shape index (κ3) is 3.52. The molecule has 0 saturated carbocycles. The van der Waals surface area contributed by atoms with Gasteiger partial charge >= 0.3 is 0 Å². The molecule has 1 unspecified atom stereocenters. The summed E-state index contributed by atoms with van der Waals surface area (Å²) >= 11 is 3.26. The summed E-state index contributed by atoms with van der Waals surface area (Å²) in [4.78, 5) is 4.45. The topological polar surface area (TPSA) is 71.2 Å². The molecule has 0 saturated heterocycles. The maximum atomic E-state index is 10.1. The van der Waals surface area contributed by atoms with Crippen LogP contribution in [-0.2, 0) is 0 Å². The first-order valence-corrected chi connectivity index (χ1v) is 8.24. The van der Waals surface area contributed by atoms with E-state index < -0.39 is 5.60 Å². The molecule has 4 nitrogen and oxygen atoms in total. The van der Waals surface area contributed by atoms with Gasteiger partial charge in [-0.15, -0.1) is 11.3 Å². The number of rotatable bonds is 5. The number of nitrogen functional groups attached to an aromatic ring is 1. The van der Waals surface area contributed by atoms with Crippen molar-refractivity contribution in [1.82, 2.24) is 4.98 Å². The minimum Gasteiger partial charge on any atom is -0.397 e. The molecule has 0 amide bonds. The Hall–Kier alpha value is -0.980. The number of nitrogens with zero attached hydrogens (tertiary/aromatic N) is 1. The summed E-state index contributed by atoms with van der Waals surface area (Å²) in [6.45, 7) is 4.27. The molecule has 1 aromatic carbocycles. The van der Waals surface area contributed by atoms with Crippen LogP contribution in [0.1, 0.15) is 11.9 Å². The highest BCUT2D eigenvalue weighted by Gasteiger charge is 2.19. The van der Waals surface area contributed by atoms with Gasteiger partial charge in [0.15, 0.2) is 0 Å². The van der Waals surface area contributed by atoms with Gasteiger partial charge in [-0.3, -0.25) is 0 Å². The number of nitrogens with two attached hydrogens (primary N) is 1. The van der Waals surface area contributed by atoms with Gasteiger partial charge in [0, 0.05) is 12.3 Å². The number of thioether (sulfide) groups is 1. The van der Waals surface area contributed by atoms with Crippen molar-refractivity contribution in [1.29, 1.82) is 0 Å². The Labute approximate surface area is 121 Å². The van der Waals surface area contributed by atoms with E-state index in [9.17, 15) is 5.11 Å². The molecule has 2 rings (SSSR count). The minimum atomic E-state index is -0.751. The summed E-state index contributed by atoms with van der Waals surface area (Å²) in [7, 11) is 0. The fourth-order valence-electron chi connectivity index (χ4n) is 1.91. The number of hydrogen-bond acceptors (Lipinski definition) is 6. The number of fused-ring (bicyclic) bond motifs is 1. The van der Waals surface area contributed by atoms with Gasteiger partial charge in [0.1, 0.15) is 0 Å². The van der Waals surface area contributed by atoms with Gasteiger partial charge in [-0.25, -0.2) is 4.98 Å². The molecule has 4 N–H and O–H groups in total. The van der Waals surface area contributed by atoms with Gasteiger partial charge < -0.3 is 16.2 Å². The zero-order valence-electron chi connectivity index (χ0n) is 11.4. The zero-order chi connectivity index (χ0) is 14.0. The van der Waals surface area contributed by atoms with Gasteiger partial charge in [0.2, 0.25) is 0 Å². The molecule has 1 atom stereocenters. The van der Waals surface area contributed by atoms with Crippen LogP contribution in [0.15, 0.2) is 12.1 Å². The second-order valence-electron chi connectivity index (χ2n) is 4.92. The number of aliphatic hydroxyl groups is 1. The molecule has 0 aliphatic rings. The van der Waals surface area contributed by atoms with E-state index in [0.717, 1.165) is 20.9 Å². The Morgan fingerprint density at radius 1 is 1.53 bits per heavy atom. The lowest BCUT2D eigenvalue weighted by atomic mass is 10.1. The van der Waals surface area contributed by atoms with E-state index in [1.54, 1.807) is 23.1 Å². The number of anilines is 2. The fraction of sp³-hybridized carbons (Fsp3) is 0.462. The lowest BCUT2D eigenvalue weighted by molar-refractivity contribution is 0.0997. The molecule has 0 fully saturated rings. The summed E-state index contributed by atoms with van der Waals surface area (Å²) in [5.41, 5.74) is 7.75. The van der Waals surface area contributed by atoms with Crippen LogP contribution in [0.5, 0.6) is 0 Å². The Bertz CT molecular complexity index is 581. The number of nitrogens with one attached hydrogen (secondary N) is 1. The van der Waals surface area contributed by atoms with Crippen LogP contribution in [0.3, 0.4) is 0 Å². The molecule has 104 valence electrons. The lowest BCUT2D eigenvalue weighted by Crippen LogP contribution is -2.36. The molecular formula is C13H19N3OS2. The van der Waals surface area contributed by atoms with Crippen LogP contribution in [0, 0.1) is 6.92 Å². The van der Waals surface area contributed by atoms with Gasteiger partial charge in [0.25, 0.3) is 0 Å². The maximum Gasteiger partial charge on any atom is 0.0907 e. The number of benzene rings is 1. The lowest BCUT2D eigenvalue weighted by Gasteiger charge is -2.23. The Morgan fingerprint density at radius 2 is 2.26 bits per heavy atom. The second kappa shape index (κ2) is 5.56. The van der Waals surface area contributed by atoms with Crippen LogP contribution in [-0.4, -0.2) is 34.2 Å². The first kappa shape index (κ1) is 14.4. The van der Waals surface area contributed by atoms with Crippen molar-refractivity contribution in [3.63, 3.8) is 0 Å². The predicted octanol–water partition coefficient (Wildman–Crippen LogP) is 2.71. The second-order valence-corrected chi connectivity index (χ2v) is 7.02. The molecule has 0 radical (unpaired) electrons. The Morgan fingerprint density at radius 3 is 2.95 bits per heavy atom. The van der Waals surface area contributed by atoms with Crippen LogP contribution in [0.4, 0.5) is 11.4 Å². The van der Waals surface area contributed by atoms with Crippen molar-refractivity contribution in [2.45, 2.75) is 19.4 Å². The number of aryl methyl sites for hydroxylation is 1. The molecular weight excluding hydrogens is 278 g/mol. The van der Waals surface area contributed by atoms with E-state index in [2.05, 4.69) is 10.3 Å². The smallest absolute Gasteiger partial charge is 0.0907 e. The molecule has 0 spiro atoms. The van der Waals surface area contributed by atoms with E-state index in [1.165, 1.54) is 0 Å². The predicted molar refractivity (Wildman–Crippen MR) is 86.3 cm³/mol. The molecule has 2 aromatic rings. The van der Waals surface area contributed by atoms with Crippen molar-refractivity contribution >= 4 is 44.7 Å². The van der Waals surface area contributed by atoms with Crippen molar-refractivity contribution in [2.24, 2.45) is 0 Å². The van der Waals surface area contributed by atoms with Crippen molar-refractivity contribution < 1.29 is 5.11 Å². The molecule has 1 heterocycles. The number of hydrogen-bond donors (Lipinski definition) is 3. The summed E-state index contributed by atoms with van der Waals surface area (Å²) in [5.74, 6) is 0.679. The van der Waals surface area contributed by atoms with Crippen molar-refractivity contribution in [3.8, 4) is 0 Å². The average molecular weight is 297 g/mol. The van der Waals surface area contributed by atoms with Gasteiger partial charge in [-0.2, -0.15) is 11.8 Å². The summed E-state index contributed by atoms with van der Waals surface area (Å²) in [6, 6.07) is 3.88. The third-order valence-corrected chi connectivity index (χ3v) is 4.63. The largest absolute Gasteiger partial charge is 0.397 e. The fourth-order valence-corrected chi connectivity index (χ4v) is 3.49. The number of thiazole rings is 1. The summed E-state index contributed by atoms with van der Waals surface area (Å²) < 4.78 is 1.09. The van der Waals surface area contributed by atoms with E-state index in [0.29, 0.717) is 18.0 Å². The van der Waals surface area contributed by atoms with E-state index in [4.69, 9.17) is 5.73 Å². The molecule has 0 aliphatic carbocycles. The SMILES string of the molecule is CSCC(C)(O)CNc1cc2nc(C)sc2cc1N. The quantitative estimate of drug-likeness (QED) is 0.740. The molecule has 0 aliphatic heterocycles. The van der Waals surface area contributed by atoms with Gasteiger partial charge in [-0.05, 0) is 32.2 Å². The summed E-state index contributed by atoms with van der Waals surface area (Å²) in [6.07, 6.45) is 1.98. The first-order valence-electron chi connectivity index (χ1n) is 6.03.